The van der Waals surface area contributed by atoms with E-state index in [0.29, 0.717) is 19.6 Å². The molecule has 0 radical (unpaired) electrons. The summed E-state index contributed by atoms with van der Waals surface area (Å²) >= 11 is 0. The van der Waals surface area contributed by atoms with Crippen molar-refractivity contribution in [3.05, 3.63) is 0 Å². The number of ether oxygens (including phenoxy) is 2. The minimum atomic E-state index is -0.613. The van der Waals surface area contributed by atoms with Gasteiger partial charge in [-0.3, -0.25) is 0 Å². The molecule has 1 saturated heterocycles. The molecule has 0 spiro atoms. The van der Waals surface area contributed by atoms with E-state index < -0.39 is 12.2 Å². The van der Waals surface area contributed by atoms with Gasteiger partial charge < -0.3 is 19.7 Å². The van der Waals surface area contributed by atoms with Crippen molar-refractivity contribution >= 4 is 7.85 Å². The summed E-state index contributed by atoms with van der Waals surface area (Å²) in [4.78, 5) is 0. The Bertz CT molecular complexity index is 133. The third kappa shape index (κ3) is 2.75. The molecular formula is C7H15BO4. The molecule has 1 rings (SSSR count). The van der Waals surface area contributed by atoms with Crippen LogP contribution in [0.4, 0.5) is 0 Å². The first-order valence-corrected chi connectivity index (χ1v) is 4.26. The molecule has 12 heavy (non-hydrogen) atoms. The van der Waals surface area contributed by atoms with Crippen LogP contribution in [0, 0.1) is 0 Å². The van der Waals surface area contributed by atoms with E-state index in [1.807, 2.05) is 7.85 Å². The van der Waals surface area contributed by atoms with Crippen LogP contribution in [0.3, 0.4) is 0 Å². The lowest BCUT2D eigenvalue weighted by atomic mass is 9.99. The highest BCUT2D eigenvalue weighted by Crippen LogP contribution is 2.09. The second-order valence-corrected chi connectivity index (χ2v) is 3.10. The summed E-state index contributed by atoms with van der Waals surface area (Å²) in [5.74, 6) is 0. The van der Waals surface area contributed by atoms with Crippen molar-refractivity contribution in [2.45, 2.75) is 24.6 Å². The van der Waals surface area contributed by atoms with Gasteiger partial charge in [-0.2, -0.15) is 0 Å². The molecule has 0 amide bonds. The maximum Gasteiger partial charge on any atom is 0.142 e. The molecule has 70 valence electrons. The summed E-state index contributed by atoms with van der Waals surface area (Å²) in [6.45, 7) is 0.931. The second kappa shape index (κ2) is 4.82. The van der Waals surface area contributed by atoms with Gasteiger partial charge in [0, 0.05) is 12.6 Å². The second-order valence-electron chi connectivity index (χ2n) is 3.10. The van der Waals surface area contributed by atoms with Crippen LogP contribution in [0.5, 0.6) is 0 Å². The Balaban J connectivity index is 2.44. The van der Waals surface area contributed by atoms with Crippen LogP contribution in [0.25, 0.3) is 0 Å². The third-order valence-electron chi connectivity index (χ3n) is 1.93. The van der Waals surface area contributed by atoms with E-state index in [4.69, 9.17) is 14.6 Å². The zero-order valence-corrected chi connectivity index (χ0v) is 7.27. The van der Waals surface area contributed by atoms with Crippen molar-refractivity contribution in [3.8, 4) is 0 Å². The summed E-state index contributed by atoms with van der Waals surface area (Å²) in [5.41, 5.74) is 0. The van der Waals surface area contributed by atoms with Crippen molar-refractivity contribution < 1.29 is 19.7 Å². The average Bonchev–Trinajstić information content (AvgIpc) is 2.05. The fourth-order valence-corrected chi connectivity index (χ4v) is 1.23. The molecule has 0 bridgehead atoms. The molecule has 2 N–H and O–H groups in total. The Hall–Kier alpha value is -0.0951. The molecule has 1 aliphatic heterocycles. The first-order chi connectivity index (χ1) is 5.74. The first-order valence-electron chi connectivity index (χ1n) is 4.26. The predicted octanol–water partition coefficient (Wildman–Crippen LogP) is -1.90. The summed E-state index contributed by atoms with van der Waals surface area (Å²) in [6.07, 6.45) is -0.542. The minimum absolute atomic E-state index is 0.0582. The van der Waals surface area contributed by atoms with Gasteiger partial charge in [0.15, 0.2) is 0 Å². The number of hydrogen-bond acceptors (Lipinski definition) is 4. The fourth-order valence-electron chi connectivity index (χ4n) is 1.23. The standard InChI is InChI=1S/C7H15BO4/c8-7-4-11-2-1-5(10)6(3-9)12-7/h5-7,9-10H,1-4,8H2. The number of aliphatic hydroxyl groups is 2. The van der Waals surface area contributed by atoms with Crippen LogP contribution < -0.4 is 0 Å². The van der Waals surface area contributed by atoms with Gasteiger partial charge in [0.05, 0.1) is 19.3 Å². The summed E-state index contributed by atoms with van der Waals surface area (Å²) in [7, 11) is 1.86. The van der Waals surface area contributed by atoms with Gasteiger partial charge in [0.2, 0.25) is 0 Å². The molecule has 4 nitrogen and oxygen atoms in total. The zero-order valence-electron chi connectivity index (χ0n) is 7.27. The Morgan fingerprint density at radius 2 is 2.25 bits per heavy atom. The van der Waals surface area contributed by atoms with E-state index >= 15 is 0 Å². The van der Waals surface area contributed by atoms with E-state index in [1.54, 1.807) is 0 Å². The molecule has 0 aromatic heterocycles. The molecule has 1 aliphatic rings. The van der Waals surface area contributed by atoms with Gasteiger partial charge in [-0.25, -0.2) is 0 Å². The lowest BCUT2D eigenvalue weighted by Gasteiger charge is -2.28. The first kappa shape index (κ1) is 9.99. The lowest BCUT2D eigenvalue weighted by molar-refractivity contribution is -0.118. The maximum atomic E-state index is 9.43. The van der Waals surface area contributed by atoms with E-state index in [9.17, 15) is 5.11 Å². The largest absolute Gasteiger partial charge is 0.394 e. The van der Waals surface area contributed by atoms with Crippen molar-refractivity contribution in [3.63, 3.8) is 0 Å². The SMILES string of the molecule is BC1COCCC(O)C(CO)O1. The van der Waals surface area contributed by atoms with Crippen LogP contribution in [-0.4, -0.2) is 56.1 Å². The summed E-state index contributed by atoms with van der Waals surface area (Å²) in [6, 6.07) is -0.0582. The molecule has 0 aliphatic carbocycles. The van der Waals surface area contributed by atoms with E-state index in [0.717, 1.165) is 0 Å². The van der Waals surface area contributed by atoms with Crippen LogP contribution >= 0.6 is 0 Å². The smallest absolute Gasteiger partial charge is 0.142 e. The van der Waals surface area contributed by atoms with Crippen molar-refractivity contribution in [2.24, 2.45) is 0 Å². The third-order valence-corrected chi connectivity index (χ3v) is 1.93. The molecule has 1 heterocycles. The average molecular weight is 174 g/mol. The molecular weight excluding hydrogens is 159 g/mol. The highest BCUT2D eigenvalue weighted by molar-refractivity contribution is 6.11. The van der Waals surface area contributed by atoms with Gasteiger partial charge in [-0.15, -0.1) is 0 Å². The Morgan fingerprint density at radius 1 is 1.50 bits per heavy atom. The number of aliphatic hydroxyl groups excluding tert-OH is 2. The molecule has 0 saturated carbocycles. The minimum Gasteiger partial charge on any atom is -0.394 e. The van der Waals surface area contributed by atoms with Crippen molar-refractivity contribution in [1.82, 2.24) is 0 Å². The van der Waals surface area contributed by atoms with E-state index in [-0.39, 0.29) is 12.6 Å². The quantitative estimate of drug-likeness (QED) is 0.456. The van der Waals surface area contributed by atoms with Crippen molar-refractivity contribution in [2.75, 3.05) is 19.8 Å². The predicted molar refractivity (Wildman–Crippen MR) is 45.7 cm³/mol. The molecule has 1 fully saturated rings. The van der Waals surface area contributed by atoms with Gasteiger partial charge in [-0.05, 0) is 6.42 Å². The van der Waals surface area contributed by atoms with Crippen LogP contribution in [-0.2, 0) is 9.47 Å². The van der Waals surface area contributed by atoms with Gasteiger partial charge in [0.1, 0.15) is 14.0 Å². The summed E-state index contributed by atoms with van der Waals surface area (Å²) < 4.78 is 10.5. The van der Waals surface area contributed by atoms with Crippen LogP contribution in [0.1, 0.15) is 6.42 Å². The van der Waals surface area contributed by atoms with Gasteiger partial charge in [-0.1, -0.05) is 0 Å². The topological polar surface area (TPSA) is 58.9 Å². The molecule has 0 aromatic rings. The normalized spacial score (nSPS) is 38.7. The highest BCUT2D eigenvalue weighted by Gasteiger charge is 2.23. The van der Waals surface area contributed by atoms with E-state index in [1.165, 1.54) is 0 Å². The van der Waals surface area contributed by atoms with Gasteiger partial charge in [0.25, 0.3) is 0 Å². The van der Waals surface area contributed by atoms with Crippen LogP contribution in [0.15, 0.2) is 0 Å². The molecule has 3 atom stereocenters. The van der Waals surface area contributed by atoms with Crippen LogP contribution in [0.2, 0.25) is 0 Å². The number of hydrogen-bond donors (Lipinski definition) is 2. The van der Waals surface area contributed by atoms with E-state index in [2.05, 4.69) is 0 Å². The number of rotatable bonds is 1. The van der Waals surface area contributed by atoms with Gasteiger partial charge >= 0.3 is 0 Å². The molecule has 3 unspecified atom stereocenters. The Morgan fingerprint density at radius 3 is 2.92 bits per heavy atom. The molecule has 5 heteroatoms. The summed E-state index contributed by atoms with van der Waals surface area (Å²) in [5, 5.41) is 18.3. The lowest BCUT2D eigenvalue weighted by Crippen LogP contribution is -2.40. The Labute approximate surface area is 72.9 Å². The highest BCUT2D eigenvalue weighted by atomic mass is 16.6. The zero-order chi connectivity index (χ0) is 8.97. The fraction of sp³-hybridized carbons (Fsp3) is 1.00. The maximum absolute atomic E-state index is 9.43. The molecule has 0 aromatic carbocycles. The van der Waals surface area contributed by atoms with Crippen molar-refractivity contribution in [1.29, 1.82) is 0 Å². The monoisotopic (exact) mass is 174 g/mol. The Kier molecular flexibility index (Phi) is 4.01.